The first-order valence-electron chi connectivity index (χ1n) is 4.64. The molecule has 1 N–H and O–H groups in total. The topological polar surface area (TPSA) is 69.6 Å². The molecule has 0 radical (unpaired) electrons. The van der Waals surface area contributed by atoms with Crippen molar-refractivity contribution in [3.05, 3.63) is 35.9 Å². The van der Waals surface area contributed by atoms with E-state index in [9.17, 15) is 9.90 Å². The third-order valence-corrected chi connectivity index (χ3v) is 2.41. The van der Waals surface area contributed by atoms with Crippen molar-refractivity contribution in [1.29, 1.82) is 0 Å². The number of carboxylic acids is 1. The molecule has 4 nitrogen and oxygen atoms in total. The first kappa shape index (κ1) is 10.3. The smallest absolute Gasteiger partial charge is 0.336 e. The van der Waals surface area contributed by atoms with Gasteiger partial charge in [0.2, 0.25) is 0 Å². The predicted molar refractivity (Wildman–Crippen MR) is 56.9 cm³/mol. The number of aromatic carboxylic acids is 1. The lowest BCUT2D eigenvalue weighted by molar-refractivity contribution is -0.265. The molecule has 2 aromatic rings. The summed E-state index contributed by atoms with van der Waals surface area (Å²) in [6.07, 6.45) is 0. The van der Waals surface area contributed by atoms with Crippen LogP contribution in [0.3, 0.4) is 0 Å². The van der Waals surface area contributed by atoms with Gasteiger partial charge in [0.25, 0.3) is 0 Å². The van der Waals surface area contributed by atoms with Crippen molar-refractivity contribution in [2.45, 2.75) is 0 Å². The highest BCUT2D eigenvalue weighted by Crippen LogP contribution is 2.29. The molecule has 0 saturated carbocycles. The summed E-state index contributed by atoms with van der Waals surface area (Å²) in [7, 11) is 1.49. The van der Waals surface area contributed by atoms with Gasteiger partial charge in [-0.15, -0.1) is 5.75 Å². The van der Waals surface area contributed by atoms with E-state index >= 15 is 0 Å². The second-order valence-corrected chi connectivity index (χ2v) is 3.33. The number of carboxylic acid groups (broad SMARTS) is 1. The van der Waals surface area contributed by atoms with E-state index in [1.54, 1.807) is 18.2 Å². The molecule has 0 aliphatic heterocycles. The van der Waals surface area contributed by atoms with Crippen LogP contribution in [0.15, 0.2) is 30.3 Å². The van der Waals surface area contributed by atoms with Crippen molar-refractivity contribution in [3.8, 4) is 11.5 Å². The first-order valence-corrected chi connectivity index (χ1v) is 4.64. The van der Waals surface area contributed by atoms with Gasteiger partial charge >= 0.3 is 5.97 Å². The molecule has 0 aromatic heterocycles. The average Bonchev–Trinajstić information content (AvgIpc) is 2.29. The van der Waals surface area contributed by atoms with Gasteiger partial charge in [-0.1, -0.05) is 6.07 Å². The summed E-state index contributed by atoms with van der Waals surface area (Å²) in [6, 6.07) is 7.34. The summed E-state index contributed by atoms with van der Waals surface area (Å²) in [4.78, 5) is 10.9. The van der Waals surface area contributed by atoms with Crippen LogP contribution in [0.4, 0.5) is 0 Å². The van der Waals surface area contributed by atoms with Crippen LogP contribution in [-0.4, -0.2) is 18.2 Å². The van der Waals surface area contributed by atoms with Crippen LogP contribution in [0, 0.1) is 0 Å². The largest absolute Gasteiger partial charge is 0.872 e. The molecule has 16 heavy (non-hydrogen) atoms. The minimum atomic E-state index is -1.05. The molecule has 0 unspecified atom stereocenters. The molecule has 4 heteroatoms. The lowest BCUT2D eigenvalue weighted by atomic mass is 10.0. The molecular formula is C12H9O4-. The van der Waals surface area contributed by atoms with Crippen LogP contribution < -0.4 is 9.84 Å². The monoisotopic (exact) mass is 217 g/mol. The fourth-order valence-electron chi connectivity index (χ4n) is 1.61. The van der Waals surface area contributed by atoms with Gasteiger partial charge in [-0.05, 0) is 35.0 Å². The Balaban J connectivity index is 2.80. The van der Waals surface area contributed by atoms with E-state index in [1.807, 2.05) is 0 Å². The highest BCUT2D eigenvalue weighted by molar-refractivity contribution is 6.05. The zero-order chi connectivity index (χ0) is 11.7. The van der Waals surface area contributed by atoms with Gasteiger partial charge in [-0.2, -0.15) is 0 Å². The van der Waals surface area contributed by atoms with E-state index in [0.29, 0.717) is 16.5 Å². The quantitative estimate of drug-likeness (QED) is 0.829. The third-order valence-electron chi connectivity index (χ3n) is 2.41. The molecule has 0 aliphatic carbocycles. The maximum absolute atomic E-state index is 11.6. The number of hydrogen-bond acceptors (Lipinski definition) is 3. The second kappa shape index (κ2) is 3.73. The highest BCUT2D eigenvalue weighted by atomic mass is 16.5. The summed E-state index contributed by atoms with van der Waals surface area (Å²) in [5, 5.41) is 21.3. The van der Waals surface area contributed by atoms with Gasteiger partial charge < -0.3 is 14.9 Å². The highest BCUT2D eigenvalue weighted by Gasteiger charge is 2.08. The fourth-order valence-corrected chi connectivity index (χ4v) is 1.61. The summed E-state index contributed by atoms with van der Waals surface area (Å²) in [5.74, 6) is -0.721. The lowest BCUT2D eigenvalue weighted by Gasteiger charge is -2.13. The standard InChI is InChI=1S/C12H10O4/c1-16-7-2-3-8-9(12(14)15)4-5-11(13)10(8)6-7/h2-6,13H,1H3,(H,14,15)/p-1. The van der Waals surface area contributed by atoms with Crippen LogP contribution in [0.5, 0.6) is 11.5 Å². The maximum Gasteiger partial charge on any atom is 0.336 e. The van der Waals surface area contributed by atoms with Crippen molar-refractivity contribution in [3.63, 3.8) is 0 Å². The van der Waals surface area contributed by atoms with Crippen molar-refractivity contribution >= 4 is 16.7 Å². The SMILES string of the molecule is COc1ccc2c(C(=O)O)ccc([O-])c2c1. The molecule has 0 atom stereocenters. The summed E-state index contributed by atoms with van der Waals surface area (Å²) < 4.78 is 4.99. The average molecular weight is 217 g/mol. The van der Waals surface area contributed by atoms with E-state index in [-0.39, 0.29) is 11.3 Å². The third kappa shape index (κ3) is 1.54. The first-order chi connectivity index (χ1) is 7.63. The molecular weight excluding hydrogens is 208 g/mol. The lowest BCUT2D eigenvalue weighted by Crippen LogP contribution is -2.00. The molecule has 2 aromatic carbocycles. The Bertz CT molecular complexity index is 560. The zero-order valence-corrected chi connectivity index (χ0v) is 8.56. The van der Waals surface area contributed by atoms with E-state index in [2.05, 4.69) is 0 Å². The number of carbonyl (C=O) groups is 1. The van der Waals surface area contributed by atoms with Crippen LogP contribution in [-0.2, 0) is 0 Å². The number of ether oxygens (including phenoxy) is 1. The van der Waals surface area contributed by atoms with Crippen LogP contribution in [0.1, 0.15) is 10.4 Å². The number of benzene rings is 2. The zero-order valence-electron chi connectivity index (χ0n) is 8.56. The summed E-state index contributed by atoms with van der Waals surface area (Å²) >= 11 is 0. The second-order valence-electron chi connectivity index (χ2n) is 3.33. The van der Waals surface area contributed by atoms with Crippen molar-refractivity contribution in [2.75, 3.05) is 7.11 Å². The van der Waals surface area contributed by atoms with E-state index < -0.39 is 5.97 Å². The summed E-state index contributed by atoms with van der Waals surface area (Å²) in [6.45, 7) is 0. The van der Waals surface area contributed by atoms with E-state index in [0.717, 1.165) is 0 Å². The Morgan fingerprint density at radius 1 is 1.25 bits per heavy atom. The maximum atomic E-state index is 11.6. The number of hydrogen-bond donors (Lipinski definition) is 1. The summed E-state index contributed by atoms with van der Waals surface area (Å²) in [5.41, 5.74) is 0.122. The van der Waals surface area contributed by atoms with E-state index in [1.165, 1.54) is 19.2 Å². The van der Waals surface area contributed by atoms with Crippen molar-refractivity contribution in [1.82, 2.24) is 0 Å². The molecule has 0 saturated heterocycles. The van der Waals surface area contributed by atoms with Crippen molar-refractivity contribution in [2.24, 2.45) is 0 Å². The Kier molecular flexibility index (Phi) is 2.40. The van der Waals surface area contributed by atoms with Gasteiger partial charge in [-0.25, -0.2) is 4.79 Å². The fraction of sp³-hybridized carbons (Fsp3) is 0.0833. The minimum absolute atomic E-state index is 0.122. The van der Waals surface area contributed by atoms with Gasteiger partial charge in [-0.3, -0.25) is 0 Å². The molecule has 0 fully saturated rings. The van der Waals surface area contributed by atoms with Gasteiger partial charge in [0.05, 0.1) is 12.7 Å². The molecule has 0 bridgehead atoms. The van der Waals surface area contributed by atoms with Crippen molar-refractivity contribution < 1.29 is 19.7 Å². The molecule has 0 heterocycles. The number of methoxy groups -OCH3 is 1. The Morgan fingerprint density at radius 3 is 2.62 bits per heavy atom. The van der Waals surface area contributed by atoms with Crippen LogP contribution in [0.2, 0.25) is 0 Å². The number of rotatable bonds is 2. The van der Waals surface area contributed by atoms with Gasteiger partial charge in [0.15, 0.2) is 0 Å². The minimum Gasteiger partial charge on any atom is -0.872 e. The Morgan fingerprint density at radius 2 is 2.00 bits per heavy atom. The van der Waals surface area contributed by atoms with E-state index in [4.69, 9.17) is 9.84 Å². The molecule has 82 valence electrons. The Hall–Kier alpha value is -2.23. The normalized spacial score (nSPS) is 10.3. The van der Waals surface area contributed by atoms with Gasteiger partial charge in [0, 0.05) is 0 Å². The molecule has 2 rings (SSSR count). The van der Waals surface area contributed by atoms with Crippen LogP contribution in [0.25, 0.3) is 10.8 Å². The number of fused-ring (bicyclic) bond motifs is 1. The van der Waals surface area contributed by atoms with Crippen LogP contribution >= 0.6 is 0 Å². The molecule has 0 amide bonds. The molecule has 0 aliphatic rings. The predicted octanol–water partition coefficient (Wildman–Crippen LogP) is 1.62. The molecule has 0 spiro atoms. The Labute approximate surface area is 91.7 Å². The van der Waals surface area contributed by atoms with Gasteiger partial charge in [0.1, 0.15) is 5.75 Å².